The zero-order chi connectivity index (χ0) is 10.4. The standard InChI is InChI=1S/C11H12F2N2/c12-7-5-9(13)11-10(6-7)15(4-3-14-11)8-1-2-8/h5-6,8,14H,1-4H2. The highest BCUT2D eigenvalue weighted by molar-refractivity contribution is 5.73. The van der Waals surface area contributed by atoms with E-state index in [1.54, 1.807) is 0 Å². The van der Waals surface area contributed by atoms with Crippen molar-refractivity contribution in [1.82, 2.24) is 0 Å². The van der Waals surface area contributed by atoms with Crippen molar-refractivity contribution in [3.05, 3.63) is 23.8 Å². The molecule has 0 saturated heterocycles. The van der Waals surface area contributed by atoms with E-state index in [9.17, 15) is 8.78 Å². The van der Waals surface area contributed by atoms with E-state index in [1.165, 1.54) is 6.07 Å². The molecule has 0 unspecified atom stereocenters. The molecule has 1 N–H and O–H groups in total. The number of hydrogen-bond donors (Lipinski definition) is 1. The molecule has 1 aliphatic heterocycles. The second kappa shape index (κ2) is 3.08. The summed E-state index contributed by atoms with van der Waals surface area (Å²) in [6, 6.07) is 2.84. The molecule has 0 bridgehead atoms. The maximum Gasteiger partial charge on any atom is 0.151 e. The summed E-state index contributed by atoms with van der Waals surface area (Å²) in [5.41, 5.74) is 1.14. The van der Waals surface area contributed by atoms with Gasteiger partial charge in [-0.05, 0) is 18.9 Å². The molecule has 1 saturated carbocycles. The molecule has 1 heterocycles. The largest absolute Gasteiger partial charge is 0.379 e. The van der Waals surface area contributed by atoms with Crippen LogP contribution in [0.15, 0.2) is 12.1 Å². The minimum Gasteiger partial charge on any atom is -0.379 e. The summed E-state index contributed by atoms with van der Waals surface area (Å²) in [4.78, 5) is 2.11. The van der Waals surface area contributed by atoms with Crippen LogP contribution in [0.25, 0.3) is 0 Å². The van der Waals surface area contributed by atoms with Crippen LogP contribution in [-0.4, -0.2) is 19.1 Å². The summed E-state index contributed by atoms with van der Waals surface area (Å²) in [7, 11) is 0. The van der Waals surface area contributed by atoms with Gasteiger partial charge in [-0.3, -0.25) is 0 Å². The summed E-state index contributed by atoms with van der Waals surface area (Å²) in [6.07, 6.45) is 2.27. The average Bonchev–Trinajstić information content (AvgIpc) is 3.00. The third-order valence-corrected chi connectivity index (χ3v) is 2.99. The van der Waals surface area contributed by atoms with Gasteiger partial charge in [-0.25, -0.2) is 8.78 Å². The SMILES string of the molecule is Fc1cc(F)c2c(c1)N(C1CC1)CCN2. The highest BCUT2D eigenvalue weighted by atomic mass is 19.1. The quantitative estimate of drug-likeness (QED) is 0.765. The normalized spacial score (nSPS) is 19.7. The Labute approximate surface area is 86.9 Å². The Bertz CT molecular complexity index is 402. The molecule has 1 fully saturated rings. The van der Waals surface area contributed by atoms with Gasteiger partial charge >= 0.3 is 0 Å². The topological polar surface area (TPSA) is 15.3 Å². The number of nitrogens with zero attached hydrogens (tertiary/aromatic N) is 1. The summed E-state index contributed by atoms with van der Waals surface area (Å²) < 4.78 is 26.6. The van der Waals surface area contributed by atoms with Gasteiger partial charge in [0.2, 0.25) is 0 Å². The molecule has 1 aliphatic carbocycles. The van der Waals surface area contributed by atoms with Crippen molar-refractivity contribution >= 4 is 11.4 Å². The Kier molecular flexibility index (Phi) is 1.84. The lowest BCUT2D eigenvalue weighted by Gasteiger charge is -2.32. The van der Waals surface area contributed by atoms with E-state index >= 15 is 0 Å². The Balaban J connectivity index is 2.08. The van der Waals surface area contributed by atoms with Crippen LogP contribution < -0.4 is 10.2 Å². The molecular weight excluding hydrogens is 198 g/mol. The van der Waals surface area contributed by atoms with E-state index in [1.807, 2.05) is 0 Å². The van der Waals surface area contributed by atoms with Crippen LogP contribution in [-0.2, 0) is 0 Å². The molecule has 0 radical (unpaired) electrons. The van der Waals surface area contributed by atoms with Gasteiger partial charge in [0.15, 0.2) is 5.82 Å². The molecule has 0 amide bonds. The molecule has 3 rings (SSSR count). The maximum absolute atomic E-state index is 13.5. The number of fused-ring (bicyclic) bond motifs is 1. The molecule has 1 aromatic rings. The van der Waals surface area contributed by atoms with E-state index in [-0.39, 0.29) is 0 Å². The van der Waals surface area contributed by atoms with Crippen molar-refractivity contribution in [2.24, 2.45) is 0 Å². The van der Waals surface area contributed by atoms with Gasteiger partial charge in [-0.1, -0.05) is 0 Å². The third kappa shape index (κ3) is 1.44. The number of anilines is 2. The predicted octanol–water partition coefficient (Wildman–Crippen LogP) is 2.36. The minimum absolute atomic E-state index is 0.453. The lowest BCUT2D eigenvalue weighted by Crippen LogP contribution is -2.36. The molecule has 2 aliphatic rings. The van der Waals surface area contributed by atoms with Gasteiger partial charge in [0.05, 0.1) is 11.4 Å². The third-order valence-electron chi connectivity index (χ3n) is 2.99. The summed E-state index contributed by atoms with van der Waals surface area (Å²) >= 11 is 0. The van der Waals surface area contributed by atoms with Crippen LogP contribution in [0.3, 0.4) is 0 Å². The van der Waals surface area contributed by atoms with Crippen LogP contribution in [0.1, 0.15) is 12.8 Å². The van der Waals surface area contributed by atoms with Gasteiger partial charge in [-0.15, -0.1) is 0 Å². The van der Waals surface area contributed by atoms with Crippen molar-refractivity contribution in [1.29, 1.82) is 0 Å². The number of halogens is 2. The average molecular weight is 210 g/mol. The number of nitrogens with one attached hydrogen (secondary N) is 1. The van der Waals surface area contributed by atoms with Gasteiger partial charge < -0.3 is 10.2 Å². The Morgan fingerprint density at radius 3 is 2.80 bits per heavy atom. The van der Waals surface area contributed by atoms with Gasteiger partial charge in [-0.2, -0.15) is 0 Å². The fourth-order valence-corrected chi connectivity index (χ4v) is 2.15. The van der Waals surface area contributed by atoms with Gasteiger partial charge in [0, 0.05) is 25.2 Å². The second-order valence-electron chi connectivity index (χ2n) is 4.13. The highest BCUT2D eigenvalue weighted by Gasteiger charge is 2.33. The Hall–Kier alpha value is -1.32. The van der Waals surface area contributed by atoms with Crippen LogP contribution in [0, 0.1) is 11.6 Å². The van der Waals surface area contributed by atoms with E-state index in [4.69, 9.17) is 0 Å². The first-order valence-corrected chi connectivity index (χ1v) is 5.25. The Morgan fingerprint density at radius 1 is 1.27 bits per heavy atom. The highest BCUT2D eigenvalue weighted by Crippen LogP contribution is 2.39. The zero-order valence-electron chi connectivity index (χ0n) is 8.26. The molecule has 0 atom stereocenters. The fourth-order valence-electron chi connectivity index (χ4n) is 2.15. The molecule has 80 valence electrons. The van der Waals surface area contributed by atoms with Crippen molar-refractivity contribution in [3.63, 3.8) is 0 Å². The van der Waals surface area contributed by atoms with Gasteiger partial charge in [0.1, 0.15) is 5.82 Å². The second-order valence-corrected chi connectivity index (χ2v) is 4.13. The number of benzene rings is 1. The number of rotatable bonds is 1. The van der Waals surface area contributed by atoms with Crippen LogP contribution in [0.2, 0.25) is 0 Å². The lowest BCUT2D eigenvalue weighted by atomic mass is 10.2. The van der Waals surface area contributed by atoms with Gasteiger partial charge in [0.25, 0.3) is 0 Å². The summed E-state index contributed by atoms with van der Waals surface area (Å²) in [6.45, 7) is 1.56. The lowest BCUT2D eigenvalue weighted by molar-refractivity contribution is 0.580. The maximum atomic E-state index is 13.5. The molecule has 1 aromatic carbocycles. The van der Waals surface area contributed by atoms with E-state index in [0.717, 1.165) is 32.0 Å². The minimum atomic E-state index is -0.499. The fraction of sp³-hybridized carbons (Fsp3) is 0.455. The van der Waals surface area contributed by atoms with Crippen molar-refractivity contribution in [2.75, 3.05) is 23.3 Å². The van der Waals surface area contributed by atoms with E-state index in [2.05, 4.69) is 10.2 Å². The first-order chi connectivity index (χ1) is 7.25. The van der Waals surface area contributed by atoms with Crippen molar-refractivity contribution < 1.29 is 8.78 Å². The van der Waals surface area contributed by atoms with Crippen molar-refractivity contribution in [2.45, 2.75) is 18.9 Å². The van der Waals surface area contributed by atoms with Crippen molar-refractivity contribution in [3.8, 4) is 0 Å². The zero-order valence-corrected chi connectivity index (χ0v) is 8.26. The molecule has 4 heteroatoms. The summed E-state index contributed by atoms with van der Waals surface area (Å²) in [5.74, 6) is -0.990. The first kappa shape index (κ1) is 8.95. The monoisotopic (exact) mass is 210 g/mol. The van der Waals surface area contributed by atoms with E-state index in [0.29, 0.717) is 17.4 Å². The molecule has 0 spiro atoms. The van der Waals surface area contributed by atoms with Crippen LogP contribution in [0.4, 0.5) is 20.2 Å². The smallest absolute Gasteiger partial charge is 0.151 e. The molecule has 15 heavy (non-hydrogen) atoms. The van der Waals surface area contributed by atoms with Crippen LogP contribution in [0.5, 0.6) is 0 Å². The van der Waals surface area contributed by atoms with E-state index < -0.39 is 11.6 Å². The number of hydrogen-bond acceptors (Lipinski definition) is 2. The summed E-state index contributed by atoms with van der Waals surface area (Å²) in [5, 5.41) is 2.99. The molecule has 0 aromatic heterocycles. The Morgan fingerprint density at radius 2 is 2.07 bits per heavy atom. The first-order valence-electron chi connectivity index (χ1n) is 5.25. The predicted molar refractivity (Wildman–Crippen MR) is 55.2 cm³/mol. The van der Waals surface area contributed by atoms with Crippen LogP contribution >= 0.6 is 0 Å². The molecular formula is C11H12F2N2. The molecule has 2 nitrogen and oxygen atoms in total.